The summed E-state index contributed by atoms with van der Waals surface area (Å²) in [6.45, 7) is 0.539. The summed E-state index contributed by atoms with van der Waals surface area (Å²) in [6.07, 6.45) is 1.87. The summed E-state index contributed by atoms with van der Waals surface area (Å²) >= 11 is 0. The highest BCUT2D eigenvalue weighted by atomic mass is 19.1. The molecule has 104 valence electrons. The zero-order valence-electron chi connectivity index (χ0n) is 11.3. The summed E-state index contributed by atoms with van der Waals surface area (Å²) in [5.41, 5.74) is 2.06. The van der Waals surface area contributed by atoms with Crippen LogP contribution in [0.25, 0.3) is 0 Å². The molecule has 0 bridgehead atoms. The molecule has 1 N–H and O–H groups in total. The van der Waals surface area contributed by atoms with Gasteiger partial charge < -0.3 is 5.32 Å². The van der Waals surface area contributed by atoms with Crippen LogP contribution >= 0.6 is 0 Å². The molecule has 0 unspecified atom stereocenters. The lowest BCUT2D eigenvalue weighted by atomic mass is 10.1. The fourth-order valence-electron chi connectivity index (χ4n) is 2.03. The van der Waals surface area contributed by atoms with Crippen molar-refractivity contribution < 1.29 is 9.18 Å². The van der Waals surface area contributed by atoms with Crippen molar-refractivity contribution in [2.24, 2.45) is 0 Å². The number of amides is 1. The van der Waals surface area contributed by atoms with E-state index in [2.05, 4.69) is 5.32 Å². The summed E-state index contributed by atoms with van der Waals surface area (Å²) in [6, 6.07) is 16.4. The molecule has 0 heterocycles. The molecule has 0 saturated carbocycles. The van der Waals surface area contributed by atoms with Gasteiger partial charge in [0, 0.05) is 13.0 Å². The molecule has 0 atom stereocenters. The molecule has 0 saturated heterocycles. The van der Waals surface area contributed by atoms with E-state index in [0.717, 1.165) is 17.5 Å². The van der Waals surface area contributed by atoms with Gasteiger partial charge in [-0.2, -0.15) is 0 Å². The average molecular weight is 271 g/mol. The topological polar surface area (TPSA) is 29.1 Å². The monoisotopic (exact) mass is 271 g/mol. The lowest BCUT2D eigenvalue weighted by Crippen LogP contribution is -2.25. The predicted octanol–water partition coefficient (Wildman–Crippen LogP) is 3.12. The maximum Gasteiger partial charge on any atom is 0.220 e. The number of aryl methyl sites for hydroxylation is 1. The Balaban J connectivity index is 1.68. The van der Waals surface area contributed by atoms with Crippen LogP contribution in [-0.4, -0.2) is 12.5 Å². The van der Waals surface area contributed by atoms with Crippen molar-refractivity contribution in [2.75, 3.05) is 6.54 Å². The van der Waals surface area contributed by atoms with Crippen molar-refractivity contribution in [3.63, 3.8) is 0 Å². The summed E-state index contributed by atoms with van der Waals surface area (Å²) in [4.78, 5) is 11.7. The van der Waals surface area contributed by atoms with Gasteiger partial charge in [0.1, 0.15) is 5.82 Å². The molecule has 0 aliphatic rings. The number of hydrogen-bond acceptors (Lipinski definition) is 1. The van der Waals surface area contributed by atoms with Crippen molar-refractivity contribution in [1.82, 2.24) is 5.32 Å². The normalized spacial score (nSPS) is 10.2. The lowest BCUT2D eigenvalue weighted by Gasteiger charge is -2.05. The van der Waals surface area contributed by atoms with Crippen LogP contribution in [0.3, 0.4) is 0 Å². The van der Waals surface area contributed by atoms with E-state index in [1.54, 1.807) is 6.07 Å². The van der Waals surface area contributed by atoms with Crippen LogP contribution in [0.5, 0.6) is 0 Å². The second kappa shape index (κ2) is 7.43. The molecule has 2 rings (SSSR count). The van der Waals surface area contributed by atoms with Gasteiger partial charge in [-0.1, -0.05) is 42.5 Å². The number of hydrogen-bond donors (Lipinski definition) is 1. The molecule has 0 spiro atoms. The van der Waals surface area contributed by atoms with E-state index in [9.17, 15) is 9.18 Å². The molecule has 2 nitrogen and oxygen atoms in total. The molecule has 3 heteroatoms. The lowest BCUT2D eigenvalue weighted by molar-refractivity contribution is -0.121. The van der Waals surface area contributed by atoms with E-state index < -0.39 is 0 Å². The van der Waals surface area contributed by atoms with E-state index in [1.165, 1.54) is 12.1 Å². The van der Waals surface area contributed by atoms with Crippen LogP contribution in [-0.2, 0) is 17.6 Å². The van der Waals surface area contributed by atoms with Crippen molar-refractivity contribution in [2.45, 2.75) is 19.3 Å². The second-order valence-electron chi connectivity index (χ2n) is 4.72. The highest BCUT2D eigenvalue weighted by molar-refractivity contribution is 5.76. The zero-order valence-corrected chi connectivity index (χ0v) is 11.3. The molecule has 0 aliphatic heterocycles. The third kappa shape index (κ3) is 4.84. The molecular formula is C17H18FNO. The van der Waals surface area contributed by atoms with Gasteiger partial charge >= 0.3 is 0 Å². The third-order valence-electron chi connectivity index (χ3n) is 3.11. The SMILES string of the molecule is O=C(CCc1ccccc1)NCCc1cccc(F)c1. The van der Waals surface area contributed by atoms with Gasteiger partial charge in [0.05, 0.1) is 0 Å². The number of nitrogens with one attached hydrogen (secondary N) is 1. The first-order valence-electron chi connectivity index (χ1n) is 6.79. The minimum Gasteiger partial charge on any atom is -0.356 e. The van der Waals surface area contributed by atoms with Crippen molar-refractivity contribution in [3.8, 4) is 0 Å². The van der Waals surface area contributed by atoms with Crippen molar-refractivity contribution >= 4 is 5.91 Å². The number of carbonyl (C=O) groups is 1. The predicted molar refractivity (Wildman–Crippen MR) is 77.9 cm³/mol. The Kier molecular flexibility index (Phi) is 5.30. The number of rotatable bonds is 6. The molecule has 20 heavy (non-hydrogen) atoms. The van der Waals surface area contributed by atoms with Crippen LogP contribution in [0.15, 0.2) is 54.6 Å². The summed E-state index contributed by atoms with van der Waals surface area (Å²) < 4.78 is 13.0. The van der Waals surface area contributed by atoms with Crippen LogP contribution in [0.1, 0.15) is 17.5 Å². The molecule has 0 fully saturated rings. The molecule has 0 aromatic heterocycles. The summed E-state index contributed by atoms with van der Waals surface area (Å²) in [7, 11) is 0. The quantitative estimate of drug-likeness (QED) is 0.859. The maximum atomic E-state index is 13.0. The Morgan fingerprint density at radius 1 is 0.950 bits per heavy atom. The molecular weight excluding hydrogens is 253 g/mol. The Bertz CT molecular complexity index is 554. The zero-order chi connectivity index (χ0) is 14.2. The van der Waals surface area contributed by atoms with E-state index in [4.69, 9.17) is 0 Å². The van der Waals surface area contributed by atoms with Crippen LogP contribution in [0, 0.1) is 5.82 Å². The maximum absolute atomic E-state index is 13.0. The van der Waals surface area contributed by atoms with Gasteiger partial charge in [-0.3, -0.25) is 4.79 Å². The highest BCUT2D eigenvalue weighted by Crippen LogP contribution is 2.04. The van der Waals surface area contributed by atoms with Gasteiger partial charge in [0.2, 0.25) is 5.91 Å². The van der Waals surface area contributed by atoms with Gasteiger partial charge in [0.15, 0.2) is 0 Å². The van der Waals surface area contributed by atoms with E-state index in [0.29, 0.717) is 19.4 Å². The fraction of sp³-hybridized carbons (Fsp3) is 0.235. The minimum atomic E-state index is -0.238. The Labute approximate surface area is 118 Å². The first kappa shape index (κ1) is 14.3. The third-order valence-corrected chi connectivity index (χ3v) is 3.11. The highest BCUT2D eigenvalue weighted by Gasteiger charge is 2.02. The number of carbonyl (C=O) groups excluding carboxylic acids is 1. The van der Waals surface area contributed by atoms with E-state index in [-0.39, 0.29) is 11.7 Å². The minimum absolute atomic E-state index is 0.0326. The first-order chi connectivity index (χ1) is 9.74. The number of benzene rings is 2. The van der Waals surface area contributed by atoms with Crippen LogP contribution < -0.4 is 5.32 Å². The molecule has 0 radical (unpaired) electrons. The van der Waals surface area contributed by atoms with Gasteiger partial charge in [0.25, 0.3) is 0 Å². The molecule has 1 amide bonds. The molecule has 2 aromatic rings. The van der Waals surface area contributed by atoms with Crippen molar-refractivity contribution in [3.05, 3.63) is 71.5 Å². The summed E-state index contributed by atoms with van der Waals surface area (Å²) in [5, 5.41) is 2.86. The number of halogens is 1. The van der Waals surface area contributed by atoms with Crippen LogP contribution in [0.4, 0.5) is 4.39 Å². The average Bonchev–Trinajstić information content (AvgIpc) is 2.46. The van der Waals surface area contributed by atoms with Crippen molar-refractivity contribution in [1.29, 1.82) is 0 Å². The van der Waals surface area contributed by atoms with E-state index >= 15 is 0 Å². The fourth-order valence-corrected chi connectivity index (χ4v) is 2.03. The smallest absolute Gasteiger partial charge is 0.220 e. The largest absolute Gasteiger partial charge is 0.356 e. The standard InChI is InChI=1S/C17H18FNO/c18-16-8-4-7-15(13-16)11-12-19-17(20)10-9-14-5-2-1-3-6-14/h1-8,13H,9-12H2,(H,19,20). The van der Waals surface area contributed by atoms with Gasteiger partial charge in [-0.05, 0) is 36.1 Å². The Morgan fingerprint density at radius 2 is 1.70 bits per heavy atom. The second-order valence-corrected chi connectivity index (χ2v) is 4.72. The Hall–Kier alpha value is -2.16. The first-order valence-corrected chi connectivity index (χ1v) is 6.79. The molecule has 0 aliphatic carbocycles. The van der Waals surface area contributed by atoms with Crippen LogP contribution in [0.2, 0.25) is 0 Å². The van der Waals surface area contributed by atoms with Gasteiger partial charge in [-0.25, -0.2) is 4.39 Å². The summed E-state index contributed by atoms with van der Waals surface area (Å²) in [5.74, 6) is -0.205. The molecule has 2 aromatic carbocycles. The Morgan fingerprint density at radius 3 is 2.45 bits per heavy atom. The van der Waals surface area contributed by atoms with Gasteiger partial charge in [-0.15, -0.1) is 0 Å². The van der Waals surface area contributed by atoms with E-state index in [1.807, 2.05) is 36.4 Å².